The van der Waals surface area contributed by atoms with Crippen molar-refractivity contribution in [1.82, 2.24) is 15.5 Å². The average Bonchev–Trinajstić information content (AvgIpc) is 2.74. The van der Waals surface area contributed by atoms with Gasteiger partial charge in [0.25, 0.3) is 5.91 Å². The number of amides is 2. The molecule has 2 fully saturated rings. The van der Waals surface area contributed by atoms with Crippen LogP contribution in [0, 0.1) is 5.92 Å². The summed E-state index contributed by atoms with van der Waals surface area (Å²) in [5, 5.41) is 6.53. The molecule has 7 heteroatoms. The zero-order valence-corrected chi connectivity index (χ0v) is 18.1. The summed E-state index contributed by atoms with van der Waals surface area (Å²) >= 11 is 0. The van der Waals surface area contributed by atoms with Gasteiger partial charge in [0.1, 0.15) is 5.75 Å². The molecule has 0 unspecified atom stereocenters. The lowest BCUT2D eigenvalue weighted by Crippen LogP contribution is -2.46. The summed E-state index contributed by atoms with van der Waals surface area (Å²) in [6, 6.07) is 7.51. The van der Waals surface area contributed by atoms with Gasteiger partial charge in [-0.2, -0.15) is 0 Å². The minimum Gasteiger partial charge on any atom is -0.494 e. The Labute approximate surface area is 180 Å². The number of benzene rings is 1. The smallest absolute Gasteiger partial charge is 0.253 e. The van der Waals surface area contributed by atoms with Crippen LogP contribution in [0.25, 0.3) is 0 Å². The van der Waals surface area contributed by atoms with Gasteiger partial charge in [-0.1, -0.05) is 0 Å². The van der Waals surface area contributed by atoms with Crippen LogP contribution in [0.1, 0.15) is 55.8 Å². The molecule has 2 amide bonds. The van der Waals surface area contributed by atoms with Crippen molar-refractivity contribution in [2.75, 3.05) is 32.8 Å². The summed E-state index contributed by atoms with van der Waals surface area (Å²) < 4.78 is 5.43. The van der Waals surface area contributed by atoms with E-state index in [1.807, 2.05) is 36.1 Å². The van der Waals surface area contributed by atoms with Crippen LogP contribution in [0.2, 0.25) is 0 Å². The maximum absolute atomic E-state index is 12.7. The molecule has 2 heterocycles. The van der Waals surface area contributed by atoms with Crippen molar-refractivity contribution in [1.29, 1.82) is 0 Å². The van der Waals surface area contributed by atoms with Gasteiger partial charge in [0.2, 0.25) is 5.91 Å². The molecular weight excluding hydrogens is 390 g/mol. The molecule has 0 aliphatic carbocycles. The summed E-state index contributed by atoms with van der Waals surface area (Å²) in [5.74, 6) is 1.68. The van der Waals surface area contributed by atoms with Gasteiger partial charge < -0.3 is 20.3 Å². The van der Waals surface area contributed by atoms with Crippen LogP contribution < -0.4 is 15.4 Å². The van der Waals surface area contributed by atoms with E-state index in [9.17, 15) is 9.59 Å². The van der Waals surface area contributed by atoms with Crippen molar-refractivity contribution in [3.63, 3.8) is 0 Å². The van der Waals surface area contributed by atoms with Gasteiger partial charge in [0, 0.05) is 31.1 Å². The fraction of sp³-hybridized carbons (Fsp3) is 0.636. The minimum absolute atomic E-state index is 0. The Balaban J connectivity index is 0.00000300. The molecule has 2 N–H and O–H groups in total. The molecule has 162 valence electrons. The third-order valence-corrected chi connectivity index (χ3v) is 5.80. The Morgan fingerprint density at radius 3 is 2.38 bits per heavy atom. The fourth-order valence-electron chi connectivity index (χ4n) is 4.08. The summed E-state index contributed by atoms with van der Waals surface area (Å²) in [6.45, 7) is 6.08. The van der Waals surface area contributed by atoms with Crippen molar-refractivity contribution in [3.8, 4) is 5.75 Å². The lowest BCUT2D eigenvalue weighted by Gasteiger charge is -2.32. The molecule has 0 bridgehead atoms. The third kappa shape index (κ3) is 7.19. The molecule has 0 saturated carbocycles. The van der Waals surface area contributed by atoms with Crippen molar-refractivity contribution >= 4 is 24.2 Å². The predicted octanol–water partition coefficient (Wildman–Crippen LogP) is 3.01. The third-order valence-electron chi connectivity index (χ3n) is 5.80. The van der Waals surface area contributed by atoms with E-state index in [1.54, 1.807) is 0 Å². The van der Waals surface area contributed by atoms with Crippen molar-refractivity contribution in [2.24, 2.45) is 5.92 Å². The standard InChI is InChI=1S/C22H33N3O3.ClH/c1-2-28-20-6-4-18(5-7-20)22(27)25-15-11-19(12-16-25)24-21(26)8-3-17-9-13-23-14-10-17;/h4-7,17,19,23H,2-3,8-16H2,1H3,(H,24,26);1H. The number of likely N-dealkylation sites (tertiary alicyclic amines) is 1. The molecule has 0 spiro atoms. The van der Waals surface area contributed by atoms with Crippen LogP contribution >= 0.6 is 12.4 Å². The molecule has 3 rings (SSSR count). The van der Waals surface area contributed by atoms with Crippen molar-refractivity contribution in [3.05, 3.63) is 29.8 Å². The van der Waals surface area contributed by atoms with E-state index >= 15 is 0 Å². The number of halogens is 1. The highest BCUT2D eigenvalue weighted by Crippen LogP contribution is 2.19. The molecule has 2 saturated heterocycles. The van der Waals surface area contributed by atoms with E-state index in [-0.39, 0.29) is 30.3 Å². The molecule has 2 aliphatic rings. The first-order valence-electron chi connectivity index (χ1n) is 10.7. The number of carbonyl (C=O) groups is 2. The average molecular weight is 424 g/mol. The van der Waals surface area contributed by atoms with Gasteiger partial charge in [0.15, 0.2) is 0 Å². The maximum Gasteiger partial charge on any atom is 0.253 e. The first kappa shape index (κ1) is 23.5. The van der Waals surface area contributed by atoms with Gasteiger partial charge in [-0.15, -0.1) is 12.4 Å². The maximum atomic E-state index is 12.7. The second-order valence-corrected chi connectivity index (χ2v) is 7.82. The number of hydrogen-bond donors (Lipinski definition) is 2. The topological polar surface area (TPSA) is 70.7 Å². The number of piperidine rings is 2. The number of carbonyl (C=O) groups excluding carboxylic acids is 2. The summed E-state index contributed by atoms with van der Waals surface area (Å²) in [4.78, 5) is 26.8. The Morgan fingerprint density at radius 1 is 1.10 bits per heavy atom. The van der Waals surface area contributed by atoms with Gasteiger partial charge in [0.05, 0.1) is 6.61 Å². The lowest BCUT2D eigenvalue weighted by atomic mass is 9.93. The Bertz CT molecular complexity index is 639. The Kier molecular flexibility index (Phi) is 9.74. The summed E-state index contributed by atoms with van der Waals surface area (Å²) in [5.41, 5.74) is 0.688. The molecule has 0 atom stereocenters. The molecule has 1 aromatic rings. The van der Waals surface area contributed by atoms with E-state index in [4.69, 9.17) is 4.74 Å². The van der Waals surface area contributed by atoms with Crippen molar-refractivity contribution in [2.45, 2.75) is 51.5 Å². The van der Waals surface area contributed by atoms with E-state index in [2.05, 4.69) is 10.6 Å². The van der Waals surface area contributed by atoms with E-state index in [1.165, 1.54) is 12.8 Å². The Hall–Kier alpha value is -1.79. The number of ether oxygens (including phenoxy) is 1. The van der Waals surface area contributed by atoms with Gasteiger partial charge in [-0.3, -0.25) is 9.59 Å². The normalized spacial score (nSPS) is 18.0. The number of nitrogens with zero attached hydrogens (tertiary/aromatic N) is 1. The number of nitrogens with one attached hydrogen (secondary N) is 2. The fourth-order valence-corrected chi connectivity index (χ4v) is 4.08. The molecule has 6 nitrogen and oxygen atoms in total. The predicted molar refractivity (Wildman–Crippen MR) is 117 cm³/mol. The second-order valence-electron chi connectivity index (χ2n) is 7.82. The van der Waals surface area contributed by atoms with Crippen LogP contribution in [-0.4, -0.2) is 55.5 Å². The van der Waals surface area contributed by atoms with Gasteiger partial charge >= 0.3 is 0 Å². The lowest BCUT2D eigenvalue weighted by molar-refractivity contribution is -0.122. The first-order valence-corrected chi connectivity index (χ1v) is 10.7. The quantitative estimate of drug-likeness (QED) is 0.707. The van der Waals surface area contributed by atoms with E-state index < -0.39 is 0 Å². The van der Waals surface area contributed by atoms with Crippen LogP contribution in [0.4, 0.5) is 0 Å². The van der Waals surface area contributed by atoms with Gasteiger partial charge in [-0.25, -0.2) is 0 Å². The van der Waals surface area contributed by atoms with E-state index in [0.29, 0.717) is 37.6 Å². The molecule has 29 heavy (non-hydrogen) atoms. The van der Waals surface area contributed by atoms with Gasteiger partial charge in [-0.05, 0) is 82.3 Å². The molecule has 2 aliphatic heterocycles. The summed E-state index contributed by atoms with van der Waals surface area (Å²) in [7, 11) is 0. The molecule has 1 aromatic carbocycles. The second kappa shape index (κ2) is 12.0. The zero-order chi connectivity index (χ0) is 19.8. The number of rotatable bonds is 7. The monoisotopic (exact) mass is 423 g/mol. The highest BCUT2D eigenvalue weighted by atomic mass is 35.5. The Morgan fingerprint density at radius 2 is 1.76 bits per heavy atom. The zero-order valence-electron chi connectivity index (χ0n) is 17.3. The van der Waals surface area contributed by atoms with Crippen LogP contribution in [0.3, 0.4) is 0 Å². The molecule has 0 radical (unpaired) electrons. The first-order chi connectivity index (χ1) is 13.7. The van der Waals surface area contributed by atoms with Crippen LogP contribution in [-0.2, 0) is 4.79 Å². The summed E-state index contributed by atoms with van der Waals surface area (Å²) in [6.07, 6.45) is 5.61. The molecular formula is C22H34ClN3O3. The molecule has 0 aromatic heterocycles. The highest BCUT2D eigenvalue weighted by Gasteiger charge is 2.25. The SMILES string of the molecule is CCOc1ccc(C(=O)N2CCC(NC(=O)CCC3CCNCC3)CC2)cc1.Cl. The van der Waals surface area contributed by atoms with E-state index in [0.717, 1.165) is 38.1 Å². The largest absolute Gasteiger partial charge is 0.494 e. The number of hydrogen-bond acceptors (Lipinski definition) is 4. The van der Waals surface area contributed by atoms with Crippen molar-refractivity contribution < 1.29 is 14.3 Å². The highest BCUT2D eigenvalue weighted by molar-refractivity contribution is 5.94. The van der Waals surface area contributed by atoms with Crippen LogP contribution in [0.15, 0.2) is 24.3 Å². The van der Waals surface area contributed by atoms with Crippen LogP contribution in [0.5, 0.6) is 5.75 Å². The minimum atomic E-state index is 0.